The molecule has 0 aliphatic carbocycles. The van der Waals surface area contributed by atoms with Crippen LogP contribution in [0.4, 0.5) is 13.2 Å². The Bertz CT molecular complexity index is 1080. The average molecular weight is 405 g/mol. The molecular formula is C20H18F3N3O3. The highest BCUT2D eigenvalue weighted by atomic mass is 19.4. The standard InChI is InChI=1S/C20H18F3N3O3/c1-13-3-2-4-16-18(13)25-12-26(19(16)28)10-9-17(27)24-11-14-5-7-15(8-6-14)29-20(21,22)23/h2-8,12H,9-11H2,1H3,(H,24,27). The van der Waals surface area contributed by atoms with Gasteiger partial charge in [-0.25, -0.2) is 4.98 Å². The summed E-state index contributed by atoms with van der Waals surface area (Å²) in [5.74, 6) is -0.622. The van der Waals surface area contributed by atoms with Crippen molar-refractivity contribution in [2.75, 3.05) is 0 Å². The SMILES string of the molecule is Cc1cccc2c(=O)n(CCC(=O)NCc3ccc(OC(F)(F)F)cc3)cnc12. The van der Waals surface area contributed by atoms with Crippen LogP contribution in [0.3, 0.4) is 0 Å². The van der Waals surface area contributed by atoms with Crippen LogP contribution in [0.2, 0.25) is 0 Å². The van der Waals surface area contributed by atoms with E-state index >= 15 is 0 Å². The van der Waals surface area contributed by atoms with Gasteiger partial charge in [0.2, 0.25) is 5.91 Å². The van der Waals surface area contributed by atoms with Crippen LogP contribution in [-0.2, 0) is 17.9 Å². The lowest BCUT2D eigenvalue weighted by molar-refractivity contribution is -0.274. The van der Waals surface area contributed by atoms with Crippen molar-refractivity contribution in [2.45, 2.75) is 32.8 Å². The third-order valence-electron chi connectivity index (χ3n) is 4.28. The number of aromatic nitrogens is 2. The molecule has 0 radical (unpaired) electrons. The molecule has 0 atom stereocenters. The second-order valence-electron chi connectivity index (χ2n) is 6.43. The van der Waals surface area contributed by atoms with E-state index in [0.29, 0.717) is 16.5 Å². The van der Waals surface area contributed by atoms with E-state index in [9.17, 15) is 22.8 Å². The molecular weight excluding hydrogens is 387 g/mol. The van der Waals surface area contributed by atoms with Crippen molar-refractivity contribution < 1.29 is 22.7 Å². The number of aryl methyl sites for hydroxylation is 2. The first-order valence-electron chi connectivity index (χ1n) is 8.79. The number of nitrogens with zero attached hydrogens (tertiary/aromatic N) is 2. The van der Waals surface area contributed by atoms with Crippen molar-refractivity contribution in [1.82, 2.24) is 14.9 Å². The summed E-state index contributed by atoms with van der Waals surface area (Å²) in [6.45, 7) is 2.18. The molecule has 1 aromatic heterocycles. The Morgan fingerprint density at radius 1 is 1.17 bits per heavy atom. The van der Waals surface area contributed by atoms with Crippen molar-refractivity contribution >= 4 is 16.8 Å². The van der Waals surface area contributed by atoms with Gasteiger partial charge in [0.05, 0.1) is 17.2 Å². The zero-order valence-corrected chi connectivity index (χ0v) is 15.5. The van der Waals surface area contributed by atoms with E-state index in [1.807, 2.05) is 13.0 Å². The molecule has 0 aliphatic heterocycles. The summed E-state index contributed by atoms with van der Waals surface area (Å²) in [5, 5.41) is 3.16. The van der Waals surface area contributed by atoms with Crippen molar-refractivity contribution in [3.05, 3.63) is 70.3 Å². The van der Waals surface area contributed by atoms with E-state index in [0.717, 1.165) is 5.56 Å². The van der Waals surface area contributed by atoms with Crippen LogP contribution in [0.25, 0.3) is 10.9 Å². The predicted molar refractivity (Wildman–Crippen MR) is 100 cm³/mol. The fourth-order valence-corrected chi connectivity index (χ4v) is 2.82. The second-order valence-corrected chi connectivity index (χ2v) is 6.43. The van der Waals surface area contributed by atoms with Gasteiger partial charge < -0.3 is 10.1 Å². The summed E-state index contributed by atoms with van der Waals surface area (Å²) in [4.78, 5) is 28.8. The Morgan fingerprint density at radius 2 is 1.90 bits per heavy atom. The third-order valence-corrected chi connectivity index (χ3v) is 4.28. The maximum Gasteiger partial charge on any atom is 0.573 e. The van der Waals surface area contributed by atoms with Gasteiger partial charge >= 0.3 is 6.36 Å². The number of carbonyl (C=O) groups is 1. The lowest BCUT2D eigenvalue weighted by Crippen LogP contribution is -2.27. The predicted octanol–water partition coefficient (Wildman–Crippen LogP) is 3.31. The number of hydrogen-bond donors (Lipinski definition) is 1. The molecule has 3 rings (SSSR count). The van der Waals surface area contributed by atoms with E-state index < -0.39 is 6.36 Å². The van der Waals surface area contributed by atoms with Crippen LogP contribution in [0.5, 0.6) is 5.75 Å². The molecule has 6 nitrogen and oxygen atoms in total. The molecule has 2 aromatic carbocycles. The topological polar surface area (TPSA) is 73.2 Å². The third kappa shape index (κ3) is 5.34. The van der Waals surface area contributed by atoms with Gasteiger partial charge in [-0.05, 0) is 36.2 Å². The van der Waals surface area contributed by atoms with Gasteiger partial charge in [0.25, 0.3) is 5.56 Å². The number of amides is 1. The van der Waals surface area contributed by atoms with Crippen LogP contribution in [-0.4, -0.2) is 21.8 Å². The normalized spacial score (nSPS) is 11.4. The Labute approximate surface area is 163 Å². The maximum atomic E-state index is 12.5. The summed E-state index contributed by atoms with van der Waals surface area (Å²) in [5.41, 5.74) is 1.94. The molecule has 0 bridgehead atoms. The number of ether oxygens (including phenoxy) is 1. The average Bonchev–Trinajstić information content (AvgIpc) is 2.66. The minimum absolute atomic E-state index is 0.0637. The molecule has 0 fully saturated rings. The lowest BCUT2D eigenvalue weighted by atomic mass is 10.1. The number of rotatable bonds is 6. The number of carbonyl (C=O) groups excluding carboxylic acids is 1. The first-order valence-corrected chi connectivity index (χ1v) is 8.79. The van der Waals surface area contributed by atoms with Gasteiger partial charge in [0.1, 0.15) is 5.75 Å². The summed E-state index contributed by atoms with van der Waals surface area (Å²) in [6, 6.07) is 10.6. The van der Waals surface area contributed by atoms with Crippen LogP contribution in [0.1, 0.15) is 17.5 Å². The van der Waals surface area contributed by atoms with E-state index in [1.165, 1.54) is 35.2 Å². The quantitative estimate of drug-likeness (QED) is 0.683. The highest BCUT2D eigenvalue weighted by Gasteiger charge is 2.30. The van der Waals surface area contributed by atoms with Gasteiger partial charge in [0, 0.05) is 19.5 Å². The molecule has 1 heterocycles. The zero-order chi connectivity index (χ0) is 21.0. The Hall–Kier alpha value is -3.36. The van der Waals surface area contributed by atoms with Crippen molar-refractivity contribution in [2.24, 2.45) is 0 Å². The number of benzene rings is 2. The Balaban J connectivity index is 1.55. The highest BCUT2D eigenvalue weighted by Crippen LogP contribution is 2.22. The molecule has 152 valence electrons. The van der Waals surface area contributed by atoms with Gasteiger partial charge in [0.15, 0.2) is 0 Å². The molecule has 0 unspecified atom stereocenters. The van der Waals surface area contributed by atoms with E-state index in [1.54, 1.807) is 12.1 Å². The maximum absolute atomic E-state index is 12.5. The summed E-state index contributed by atoms with van der Waals surface area (Å²) in [7, 11) is 0. The summed E-state index contributed by atoms with van der Waals surface area (Å²) < 4.78 is 41.6. The van der Waals surface area contributed by atoms with Crippen molar-refractivity contribution in [3.63, 3.8) is 0 Å². The summed E-state index contributed by atoms with van der Waals surface area (Å²) >= 11 is 0. The van der Waals surface area contributed by atoms with Gasteiger partial charge in [-0.3, -0.25) is 14.2 Å². The van der Waals surface area contributed by atoms with Crippen LogP contribution in [0, 0.1) is 6.92 Å². The molecule has 0 spiro atoms. The van der Waals surface area contributed by atoms with Crippen LogP contribution in [0.15, 0.2) is 53.6 Å². The zero-order valence-electron chi connectivity index (χ0n) is 15.5. The van der Waals surface area contributed by atoms with Gasteiger partial charge in [-0.15, -0.1) is 13.2 Å². The van der Waals surface area contributed by atoms with E-state index in [2.05, 4.69) is 15.0 Å². The molecule has 3 aromatic rings. The lowest BCUT2D eigenvalue weighted by Gasteiger charge is -2.10. The van der Waals surface area contributed by atoms with E-state index in [-0.39, 0.29) is 36.7 Å². The highest BCUT2D eigenvalue weighted by molar-refractivity contribution is 5.80. The van der Waals surface area contributed by atoms with Gasteiger partial charge in [-0.2, -0.15) is 0 Å². The van der Waals surface area contributed by atoms with E-state index in [4.69, 9.17) is 0 Å². The first kappa shape index (κ1) is 20.4. The number of fused-ring (bicyclic) bond motifs is 1. The molecule has 9 heteroatoms. The molecule has 29 heavy (non-hydrogen) atoms. The fraction of sp³-hybridized carbons (Fsp3) is 0.250. The monoisotopic (exact) mass is 405 g/mol. The van der Waals surface area contributed by atoms with Crippen molar-refractivity contribution in [1.29, 1.82) is 0 Å². The summed E-state index contributed by atoms with van der Waals surface area (Å²) in [6.07, 6.45) is -3.26. The molecule has 1 N–H and O–H groups in total. The largest absolute Gasteiger partial charge is 0.573 e. The number of para-hydroxylation sites is 1. The van der Waals surface area contributed by atoms with Crippen LogP contribution < -0.4 is 15.6 Å². The minimum Gasteiger partial charge on any atom is -0.406 e. The number of halogens is 3. The van der Waals surface area contributed by atoms with Crippen LogP contribution >= 0.6 is 0 Å². The number of nitrogens with one attached hydrogen (secondary N) is 1. The van der Waals surface area contributed by atoms with Crippen molar-refractivity contribution in [3.8, 4) is 5.75 Å². The molecule has 0 saturated heterocycles. The Morgan fingerprint density at radius 3 is 2.59 bits per heavy atom. The minimum atomic E-state index is -4.75. The number of alkyl halides is 3. The number of hydrogen-bond acceptors (Lipinski definition) is 4. The smallest absolute Gasteiger partial charge is 0.406 e. The Kier molecular flexibility index (Phi) is 5.86. The fourth-order valence-electron chi connectivity index (χ4n) is 2.82. The molecule has 0 aliphatic rings. The second kappa shape index (κ2) is 8.34. The molecule has 0 saturated carbocycles. The van der Waals surface area contributed by atoms with Gasteiger partial charge in [-0.1, -0.05) is 24.3 Å². The molecule has 1 amide bonds. The first-order chi connectivity index (χ1) is 13.7.